The van der Waals surface area contributed by atoms with E-state index in [0.29, 0.717) is 33.5 Å². The fourth-order valence-electron chi connectivity index (χ4n) is 2.38. The molecule has 0 saturated heterocycles. The molecule has 1 aromatic carbocycles. The van der Waals surface area contributed by atoms with Crippen LogP contribution >= 0.6 is 11.6 Å². The first kappa shape index (κ1) is 16.5. The average molecular weight is 350 g/mol. The first-order valence-corrected chi connectivity index (χ1v) is 7.71. The van der Waals surface area contributed by atoms with Crippen LogP contribution < -0.4 is 4.74 Å². The Balaban J connectivity index is 1.97. The smallest absolute Gasteiger partial charge is 0.171 e. The van der Waals surface area contributed by atoms with Crippen LogP contribution in [0.4, 0.5) is 0 Å². The second-order valence-electron chi connectivity index (χ2n) is 5.28. The maximum atomic E-state index is 8.98. The van der Waals surface area contributed by atoms with Gasteiger partial charge in [-0.1, -0.05) is 11.6 Å². The van der Waals surface area contributed by atoms with Crippen molar-refractivity contribution in [1.82, 2.24) is 14.8 Å². The number of nitriles is 2. The molecule has 2 aromatic heterocycles. The van der Waals surface area contributed by atoms with Crippen molar-refractivity contribution < 1.29 is 4.74 Å². The third-order valence-electron chi connectivity index (χ3n) is 3.61. The standard InChI is InChI=1S/C18H12ClN5O/c1-11-18(25-16-6-4-14(9-21)22-10-16)12(2)24(23-11)15-5-3-13(8-20)17(19)7-15/h3-7,10H,1-2H3. The Hall–Kier alpha value is -3.35. The number of nitrogens with zero attached hydrogens (tertiary/aromatic N) is 5. The lowest BCUT2D eigenvalue weighted by molar-refractivity contribution is 0.472. The van der Waals surface area contributed by atoms with Gasteiger partial charge >= 0.3 is 0 Å². The van der Waals surface area contributed by atoms with Gasteiger partial charge in [0.05, 0.1) is 28.2 Å². The number of halogens is 1. The SMILES string of the molecule is Cc1nn(-c2ccc(C#N)c(Cl)c2)c(C)c1Oc1ccc(C#N)nc1. The van der Waals surface area contributed by atoms with E-state index in [1.807, 2.05) is 26.0 Å². The van der Waals surface area contributed by atoms with Gasteiger partial charge in [-0.05, 0) is 44.2 Å². The molecular formula is C18H12ClN5O. The normalized spacial score (nSPS) is 10.1. The predicted octanol–water partition coefficient (Wildman–Crippen LogP) is 4.07. The summed E-state index contributed by atoms with van der Waals surface area (Å²) in [6.45, 7) is 3.71. The number of rotatable bonds is 3. The maximum absolute atomic E-state index is 8.98. The summed E-state index contributed by atoms with van der Waals surface area (Å²) in [6.07, 6.45) is 1.49. The van der Waals surface area contributed by atoms with Crippen LogP contribution in [0.2, 0.25) is 5.02 Å². The quantitative estimate of drug-likeness (QED) is 0.711. The highest BCUT2D eigenvalue weighted by molar-refractivity contribution is 6.31. The zero-order valence-corrected chi connectivity index (χ0v) is 14.2. The van der Waals surface area contributed by atoms with Crippen LogP contribution in [-0.2, 0) is 0 Å². The molecular weight excluding hydrogens is 338 g/mol. The Morgan fingerprint density at radius 1 is 1.12 bits per heavy atom. The van der Waals surface area contributed by atoms with Gasteiger partial charge in [0.1, 0.15) is 29.3 Å². The van der Waals surface area contributed by atoms with Crippen molar-refractivity contribution in [2.75, 3.05) is 0 Å². The minimum Gasteiger partial charge on any atom is -0.452 e. The van der Waals surface area contributed by atoms with E-state index in [1.165, 1.54) is 6.20 Å². The molecule has 0 aliphatic rings. The van der Waals surface area contributed by atoms with E-state index in [-0.39, 0.29) is 0 Å². The molecule has 2 heterocycles. The van der Waals surface area contributed by atoms with Gasteiger partial charge in [-0.3, -0.25) is 0 Å². The number of aromatic nitrogens is 3. The maximum Gasteiger partial charge on any atom is 0.171 e. The van der Waals surface area contributed by atoms with Crippen molar-refractivity contribution in [2.45, 2.75) is 13.8 Å². The monoisotopic (exact) mass is 349 g/mol. The van der Waals surface area contributed by atoms with Crippen LogP contribution in [0.3, 0.4) is 0 Å². The van der Waals surface area contributed by atoms with E-state index in [2.05, 4.69) is 10.1 Å². The Labute approximate surface area is 149 Å². The van der Waals surface area contributed by atoms with E-state index in [1.54, 1.807) is 35.0 Å². The molecule has 25 heavy (non-hydrogen) atoms. The molecule has 122 valence electrons. The van der Waals surface area contributed by atoms with Gasteiger partial charge in [-0.25, -0.2) is 9.67 Å². The lowest BCUT2D eigenvalue weighted by Gasteiger charge is -2.07. The molecule has 0 saturated carbocycles. The summed E-state index contributed by atoms with van der Waals surface area (Å²) >= 11 is 6.11. The van der Waals surface area contributed by atoms with Crippen LogP contribution in [0.25, 0.3) is 5.69 Å². The topological polar surface area (TPSA) is 87.5 Å². The minimum atomic E-state index is 0.323. The van der Waals surface area contributed by atoms with E-state index in [0.717, 1.165) is 11.4 Å². The van der Waals surface area contributed by atoms with Crippen LogP contribution in [0.15, 0.2) is 36.5 Å². The molecule has 3 aromatic rings. The molecule has 0 aliphatic heterocycles. The summed E-state index contributed by atoms with van der Waals surface area (Å²) in [6, 6.07) is 12.4. The summed E-state index contributed by atoms with van der Waals surface area (Å²) in [4.78, 5) is 3.99. The van der Waals surface area contributed by atoms with Crippen LogP contribution in [-0.4, -0.2) is 14.8 Å². The molecule has 0 bridgehead atoms. The van der Waals surface area contributed by atoms with Crippen LogP contribution in [0.5, 0.6) is 11.5 Å². The molecule has 0 spiro atoms. The second kappa shape index (κ2) is 6.64. The van der Waals surface area contributed by atoms with E-state index < -0.39 is 0 Å². The molecule has 0 unspecified atom stereocenters. The molecule has 0 fully saturated rings. The average Bonchev–Trinajstić information content (AvgIpc) is 2.90. The van der Waals surface area contributed by atoms with Gasteiger partial charge in [-0.15, -0.1) is 0 Å². The highest BCUT2D eigenvalue weighted by Gasteiger charge is 2.16. The molecule has 0 aliphatic carbocycles. The number of pyridine rings is 1. The number of hydrogen-bond donors (Lipinski definition) is 0. The largest absolute Gasteiger partial charge is 0.452 e. The summed E-state index contributed by atoms with van der Waals surface area (Å²) in [5.41, 5.74) is 2.94. The van der Waals surface area contributed by atoms with Crippen molar-refractivity contribution in [3.63, 3.8) is 0 Å². The lowest BCUT2D eigenvalue weighted by Crippen LogP contribution is -1.99. The van der Waals surface area contributed by atoms with Crippen molar-refractivity contribution in [2.24, 2.45) is 0 Å². The number of hydrogen-bond acceptors (Lipinski definition) is 5. The van der Waals surface area contributed by atoms with Gasteiger partial charge in [0, 0.05) is 0 Å². The van der Waals surface area contributed by atoms with Crippen LogP contribution in [0.1, 0.15) is 22.6 Å². The van der Waals surface area contributed by atoms with Crippen molar-refractivity contribution >= 4 is 11.6 Å². The Kier molecular flexibility index (Phi) is 4.38. The second-order valence-corrected chi connectivity index (χ2v) is 5.69. The number of ether oxygens (including phenoxy) is 1. The van der Waals surface area contributed by atoms with Gasteiger partial charge in [0.15, 0.2) is 5.75 Å². The van der Waals surface area contributed by atoms with Crippen molar-refractivity contribution in [3.8, 4) is 29.3 Å². The fourth-order valence-corrected chi connectivity index (χ4v) is 2.60. The first-order chi connectivity index (χ1) is 12.0. The van der Waals surface area contributed by atoms with Crippen LogP contribution in [0, 0.1) is 36.5 Å². The molecule has 0 amide bonds. The highest BCUT2D eigenvalue weighted by Crippen LogP contribution is 2.30. The summed E-state index contributed by atoms with van der Waals surface area (Å²) in [7, 11) is 0. The molecule has 0 N–H and O–H groups in total. The van der Waals surface area contributed by atoms with Gasteiger partial charge in [-0.2, -0.15) is 15.6 Å². The van der Waals surface area contributed by atoms with Gasteiger partial charge < -0.3 is 4.74 Å². The van der Waals surface area contributed by atoms with E-state index >= 15 is 0 Å². The summed E-state index contributed by atoms with van der Waals surface area (Å²) < 4.78 is 7.58. The fraction of sp³-hybridized carbons (Fsp3) is 0.111. The third-order valence-corrected chi connectivity index (χ3v) is 3.93. The molecule has 0 radical (unpaired) electrons. The molecule has 3 rings (SSSR count). The lowest BCUT2D eigenvalue weighted by atomic mass is 10.2. The van der Waals surface area contributed by atoms with Gasteiger partial charge in [0.25, 0.3) is 0 Å². The molecule has 6 nitrogen and oxygen atoms in total. The highest BCUT2D eigenvalue weighted by atomic mass is 35.5. The third kappa shape index (κ3) is 3.16. The summed E-state index contributed by atoms with van der Waals surface area (Å²) in [5, 5.41) is 22.6. The van der Waals surface area contributed by atoms with E-state index in [4.69, 9.17) is 26.9 Å². The van der Waals surface area contributed by atoms with Gasteiger partial charge in [0.2, 0.25) is 0 Å². The number of benzene rings is 1. The zero-order chi connectivity index (χ0) is 18.0. The van der Waals surface area contributed by atoms with Crippen molar-refractivity contribution in [1.29, 1.82) is 10.5 Å². The minimum absolute atomic E-state index is 0.323. The predicted molar refractivity (Wildman–Crippen MR) is 91.8 cm³/mol. The molecule has 7 heteroatoms. The Morgan fingerprint density at radius 2 is 1.92 bits per heavy atom. The van der Waals surface area contributed by atoms with E-state index in [9.17, 15) is 0 Å². The Bertz CT molecular complexity index is 1030. The Morgan fingerprint density at radius 3 is 2.52 bits per heavy atom. The summed E-state index contributed by atoms with van der Waals surface area (Å²) in [5.74, 6) is 1.12. The zero-order valence-electron chi connectivity index (χ0n) is 13.5. The van der Waals surface area contributed by atoms with Crippen molar-refractivity contribution in [3.05, 3.63) is 64.2 Å². The molecule has 0 atom stereocenters. The number of aryl methyl sites for hydroxylation is 1. The first-order valence-electron chi connectivity index (χ1n) is 7.33.